The smallest absolute Gasteiger partial charge is 0.142 e. The van der Waals surface area contributed by atoms with Gasteiger partial charge in [0.1, 0.15) is 17.2 Å². The number of hydrogen-bond acceptors (Lipinski definition) is 2. The van der Waals surface area contributed by atoms with Gasteiger partial charge < -0.3 is 9.73 Å². The van der Waals surface area contributed by atoms with Crippen LogP contribution in [-0.4, -0.2) is 7.05 Å². The fourth-order valence-corrected chi connectivity index (χ4v) is 2.64. The first-order chi connectivity index (χ1) is 10.1. The Labute approximate surface area is 131 Å². The molecule has 2 nitrogen and oxygen atoms in total. The van der Waals surface area contributed by atoms with Crippen molar-refractivity contribution in [3.63, 3.8) is 0 Å². The van der Waals surface area contributed by atoms with E-state index in [4.69, 9.17) is 27.6 Å². The maximum absolute atomic E-state index is 13.6. The highest BCUT2D eigenvalue weighted by Crippen LogP contribution is 2.30. The Morgan fingerprint density at radius 2 is 1.90 bits per heavy atom. The Balaban J connectivity index is 2.06. The van der Waals surface area contributed by atoms with Gasteiger partial charge in [-0.2, -0.15) is 0 Å². The van der Waals surface area contributed by atoms with Gasteiger partial charge in [-0.15, -0.1) is 0 Å². The summed E-state index contributed by atoms with van der Waals surface area (Å²) in [6.07, 6.45) is 0. The van der Waals surface area contributed by atoms with Gasteiger partial charge in [-0.05, 0) is 49.0 Å². The van der Waals surface area contributed by atoms with Crippen LogP contribution in [0.5, 0.6) is 0 Å². The van der Waals surface area contributed by atoms with E-state index in [-0.39, 0.29) is 11.1 Å². The summed E-state index contributed by atoms with van der Waals surface area (Å²) in [4.78, 5) is 0. The summed E-state index contributed by atoms with van der Waals surface area (Å²) in [6, 6.07) is 11.8. The summed E-state index contributed by atoms with van der Waals surface area (Å²) in [5.41, 5.74) is 1.48. The number of furan rings is 1. The molecule has 0 aliphatic rings. The Morgan fingerprint density at radius 1 is 1.10 bits per heavy atom. The van der Waals surface area contributed by atoms with Crippen molar-refractivity contribution >= 4 is 34.2 Å². The third kappa shape index (κ3) is 2.77. The summed E-state index contributed by atoms with van der Waals surface area (Å²) in [5.74, 6) is 0.241. The van der Waals surface area contributed by atoms with Gasteiger partial charge in [-0.1, -0.05) is 29.3 Å². The Kier molecular flexibility index (Phi) is 3.89. The second-order valence-corrected chi connectivity index (χ2v) is 5.57. The van der Waals surface area contributed by atoms with Crippen LogP contribution < -0.4 is 5.32 Å². The molecule has 0 spiro atoms. The fraction of sp³-hybridized carbons (Fsp3) is 0.125. The molecule has 0 saturated carbocycles. The minimum atomic E-state index is -0.450. The van der Waals surface area contributed by atoms with Crippen LogP contribution in [0, 0.1) is 5.82 Å². The van der Waals surface area contributed by atoms with Crippen molar-refractivity contribution < 1.29 is 8.81 Å². The predicted molar refractivity (Wildman–Crippen MR) is 83.5 cm³/mol. The lowest BCUT2D eigenvalue weighted by Crippen LogP contribution is -2.17. The quantitative estimate of drug-likeness (QED) is 0.717. The van der Waals surface area contributed by atoms with Crippen molar-refractivity contribution in [3.8, 4) is 0 Å². The Hall–Kier alpha value is -1.55. The third-order valence-corrected chi connectivity index (χ3v) is 3.89. The molecule has 2 aromatic carbocycles. The lowest BCUT2D eigenvalue weighted by Gasteiger charge is -2.14. The number of hydrogen-bond donors (Lipinski definition) is 1. The summed E-state index contributed by atoms with van der Waals surface area (Å²) >= 11 is 11.7. The maximum atomic E-state index is 13.6. The number of halogens is 3. The number of benzene rings is 2. The second kappa shape index (κ2) is 5.68. The monoisotopic (exact) mass is 323 g/mol. The van der Waals surface area contributed by atoms with Gasteiger partial charge >= 0.3 is 0 Å². The zero-order valence-electron chi connectivity index (χ0n) is 11.2. The number of rotatable bonds is 3. The van der Waals surface area contributed by atoms with Crippen molar-refractivity contribution in [2.75, 3.05) is 7.05 Å². The van der Waals surface area contributed by atoms with Gasteiger partial charge in [0.05, 0.1) is 11.1 Å². The van der Waals surface area contributed by atoms with E-state index < -0.39 is 5.82 Å². The van der Waals surface area contributed by atoms with E-state index in [2.05, 4.69) is 5.32 Å². The van der Waals surface area contributed by atoms with E-state index in [1.54, 1.807) is 19.2 Å². The van der Waals surface area contributed by atoms with Crippen molar-refractivity contribution in [3.05, 3.63) is 69.7 Å². The SMILES string of the molecule is CNC(c1ccc(Cl)c(F)c1)c1cc2cc(Cl)ccc2o1. The second-order valence-electron chi connectivity index (χ2n) is 4.73. The van der Waals surface area contributed by atoms with E-state index in [0.29, 0.717) is 10.8 Å². The standard InChI is InChI=1S/C16H12Cl2FNO/c1-20-16(9-2-4-12(18)13(19)7-9)15-8-10-6-11(17)3-5-14(10)21-15/h2-8,16,20H,1H3. The Morgan fingerprint density at radius 3 is 2.62 bits per heavy atom. The molecular formula is C16H12Cl2FNO. The average molecular weight is 324 g/mol. The van der Waals surface area contributed by atoms with Gasteiger partial charge in [0.2, 0.25) is 0 Å². The molecule has 0 aliphatic carbocycles. The van der Waals surface area contributed by atoms with Crippen LogP contribution in [0.15, 0.2) is 46.9 Å². The molecule has 0 bridgehead atoms. The zero-order chi connectivity index (χ0) is 15.0. The van der Waals surface area contributed by atoms with Crippen LogP contribution >= 0.6 is 23.2 Å². The highest BCUT2D eigenvalue weighted by atomic mass is 35.5. The van der Waals surface area contributed by atoms with Crippen LogP contribution in [0.25, 0.3) is 11.0 Å². The fourth-order valence-electron chi connectivity index (χ4n) is 2.34. The molecule has 3 aromatic rings. The van der Waals surface area contributed by atoms with Gasteiger partial charge in [0.25, 0.3) is 0 Å². The van der Waals surface area contributed by atoms with Crippen LogP contribution in [0.4, 0.5) is 4.39 Å². The first-order valence-electron chi connectivity index (χ1n) is 6.39. The van der Waals surface area contributed by atoms with Crippen LogP contribution in [0.1, 0.15) is 17.4 Å². The first-order valence-corrected chi connectivity index (χ1v) is 7.15. The van der Waals surface area contributed by atoms with Crippen molar-refractivity contribution in [2.24, 2.45) is 0 Å². The molecule has 0 saturated heterocycles. The minimum Gasteiger partial charge on any atom is -0.459 e. The molecule has 0 fully saturated rings. The average Bonchev–Trinajstić information content (AvgIpc) is 2.86. The van der Waals surface area contributed by atoms with Crippen molar-refractivity contribution in [1.82, 2.24) is 5.32 Å². The topological polar surface area (TPSA) is 25.2 Å². The molecular weight excluding hydrogens is 312 g/mol. The van der Waals surface area contributed by atoms with Crippen molar-refractivity contribution in [2.45, 2.75) is 6.04 Å². The highest BCUT2D eigenvalue weighted by Gasteiger charge is 2.18. The normalized spacial score (nSPS) is 12.8. The molecule has 108 valence electrons. The molecule has 1 N–H and O–H groups in total. The number of fused-ring (bicyclic) bond motifs is 1. The lowest BCUT2D eigenvalue weighted by molar-refractivity contribution is 0.490. The summed E-state index contributed by atoms with van der Waals surface area (Å²) in [6.45, 7) is 0. The number of nitrogens with one attached hydrogen (secondary N) is 1. The van der Waals surface area contributed by atoms with E-state index in [0.717, 1.165) is 16.5 Å². The van der Waals surface area contributed by atoms with E-state index in [1.807, 2.05) is 18.2 Å². The molecule has 5 heteroatoms. The minimum absolute atomic E-state index is 0.102. The zero-order valence-corrected chi connectivity index (χ0v) is 12.7. The van der Waals surface area contributed by atoms with Crippen LogP contribution in [-0.2, 0) is 0 Å². The van der Waals surface area contributed by atoms with Gasteiger partial charge in [-0.3, -0.25) is 0 Å². The van der Waals surface area contributed by atoms with Gasteiger partial charge in [-0.25, -0.2) is 4.39 Å². The Bertz CT molecular complexity index is 800. The van der Waals surface area contributed by atoms with Gasteiger partial charge in [0, 0.05) is 10.4 Å². The summed E-state index contributed by atoms with van der Waals surface area (Å²) in [7, 11) is 1.79. The molecule has 1 aromatic heterocycles. The first kappa shape index (κ1) is 14.4. The van der Waals surface area contributed by atoms with Crippen LogP contribution in [0.2, 0.25) is 10.0 Å². The summed E-state index contributed by atoms with van der Waals surface area (Å²) in [5, 5.41) is 4.78. The molecule has 0 amide bonds. The molecule has 0 radical (unpaired) electrons. The van der Waals surface area contributed by atoms with E-state index in [9.17, 15) is 4.39 Å². The lowest BCUT2D eigenvalue weighted by atomic mass is 10.0. The highest BCUT2D eigenvalue weighted by molar-refractivity contribution is 6.31. The maximum Gasteiger partial charge on any atom is 0.142 e. The van der Waals surface area contributed by atoms with Crippen LogP contribution in [0.3, 0.4) is 0 Å². The predicted octanol–water partition coefficient (Wildman–Crippen LogP) is 5.19. The summed E-state index contributed by atoms with van der Waals surface area (Å²) < 4.78 is 19.5. The molecule has 3 rings (SSSR count). The largest absolute Gasteiger partial charge is 0.459 e. The van der Waals surface area contributed by atoms with Gasteiger partial charge in [0.15, 0.2) is 0 Å². The third-order valence-electron chi connectivity index (χ3n) is 3.35. The van der Waals surface area contributed by atoms with E-state index in [1.165, 1.54) is 12.1 Å². The molecule has 0 aliphatic heterocycles. The van der Waals surface area contributed by atoms with E-state index >= 15 is 0 Å². The molecule has 1 unspecified atom stereocenters. The molecule has 21 heavy (non-hydrogen) atoms. The molecule has 1 heterocycles. The molecule has 1 atom stereocenters. The van der Waals surface area contributed by atoms with Crippen molar-refractivity contribution in [1.29, 1.82) is 0 Å².